The Balaban J connectivity index is 1.84. The van der Waals surface area contributed by atoms with Gasteiger partial charge in [-0.1, -0.05) is 0 Å². The molecule has 1 aromatic heterocycles. The van der Waals surface area contributed by atoms with E-state index in [1.54, 1.807) is 17.8 Å². The smallest absolute Gasteiger partial charge is 0.348 e. The fraction of sp³-hybridized carbons (Fsp3) is 0.412. The number of carbonyl (C=O) groups is 1. The van der Waals surface area contributed by atoms with Crippen LogP contribution in [0.15, 0.2) is 35.5 Å². The Morgan fingerprint density at radius 3 is 2.52 bits per heavy atom. The number of alkyl halides is 3. The van der Waals surface area contributed by atoms with Gasteiger partial charge in [-0.25, -0.2) is 4.79 Å². The van der Waals surface area contributed by atoms with Crippen molar-refractivity contribution in [2.24, 2.45) is 4.99 Å². The number of benzene rings is 1. The lowest BCUT2D eigenvalue weighted by atomic mass is 10.2. The third kappa shape index (κ3) is 4.76. The van der Waals surface area contributed by atoms with Gasteiger partial charge in [0, 0.05) is 23.8 Å². The molecule has 1 aliphatic rings. The molecule has 0 bridgehead atoms. The van der Waals surface area contributed by atoms with Gasteiger partial charge >= 0.3 is 12.2 Å². The van der Waals surface area contributed by atoms with Gasteiger partial charge in [-0.2, -0.15) is 18.2 Å². The number of nitrogens with zero attached hydrogens (tertiary/aromatic N) is 3. The average Bonchev–Trinajstić information content (AvgIpc) is 3.23. The highest BCUT2D eigenvalue weighted by atomic mass is 32.1. The van der Waals surface area contributed by atoms with Gasteiger partial charge in [0.2, 0.25) is 0 Å². The van der Waals surface area contributed by atoms with E-state index in [9.17, 15) is 18.0 Å². The van der Waals surface area contributed by atoms with E-state index in [1.807, 2.05) is 6.92 Å². The monoisotopic (exact) mass is 401 g/mol. The van der Waals surface area contributed by atoms with Crippen molar-refractivity contribution in [3.05, 3.63) is 45.7 Å². The summed E-state index contributed by atoms with van der Waals surface area (Å²) in [5.41, 5.74) is -0.242. The Kier molecular flexibility index (Phi) is 5.68. The molecule has 0 N–H and O–H groups in total. The molecule has 1 aromatic carbocycles. The van der Waals surface area contributed by atoms with E-state index in [4.69, 9.17) is 9.47 Å². The normalized spacial score (nSPS) is 16.1. The summed E-state index contributed by atoms with van der Waals surface area (Å²) in [6, 6.07) is 4.21. The third-order valence-electron chi connectivity index (χ3n) is 3.87. The second-order valence-corrected chi connectivity index (χ2v) is 7.20. The number of amides is 2. The molecular weight excluding hydrogens is 383 g/mol. The van der Waals surface area contributed by atoms with Crippen LogP contribution < -0.4 is 4.80 Å². The Morgan fingerprint density at radius 1 is 1.30 bits per heavy atom. The number of hydrogen-bond donors (Lipinski definition) is 0. The fourth-order valence-electron chi connectivity index (χ4n) is 2.51. The maximum absolute atomic E-state index is 12.7. The molecular formula is C17H18F3N3O3S. The summed E-state index contributed by atoms with van der Waals surface area (Å²) in [7, 11) is 1.58. The van der Waals surface area contributed by atoms with Crippen LogP contribution in [-0.4, -0.2) is 48.6 Å². The van der Waals surface area contributed by atoms with Crippen molar-refractivity contribution < 1.29 is 27.4 Å². The number of hydrogen-bond acceptors (Lipinski definition) is 4. The highest BCUT2D eigenvalue weighted by Gasteiger charge is 2.30. The van der Waals surface area contributed by atoms with E-state index < -0.39 is 24.1 Å². The van der Waals surface area contributed by atoms with E-state index in [-0.39, 0.29) is 6.54 Å². The van der Waals surface area contributed by atoms with Crippen molar-refractivity contribution in [3.63, 3.8) is 0 Å². The molecule has 146 valence electrons. The Hall–Kier alpha value is -2.17. The van der Waals surface area contributed by atoms with E-state index in [0.717, 1.165) is 17.0 Å². The first-order chi connectivity index (χ1) is 12.7. The first-order valence-electron chi connectivity index (χ1n) is 8.14. The van der Waals surface area contributed by atoms with Gasteiger partial charge in [0.15, 0.2) is 11.1 Å². The number of aryl methyl sites for hydroxylation is 1. The lowest BCUT2D eigenvalue weighted by Crippen LogP contribution is -2.34. The zero-order valence-electron chi connectivity index (χ0n) is 14.7. The van der Waals surface area contributed by atoms with Gasteiger partial charge in [-0.15, -0.1) is 11.3 Å². The Morgan fingerprint density at radius 2 is 1.93 bits per heavy atom. The number of thiazole rings is 1. The summed E-state index contributed by atoms with van der Waals surface area (Å²) < 4.78 is 50.4. The summed E-state index contributed by atoms with van der Waals surface area (Å²) in [6.07, 6.45) is -3.15. The molecule has 2 aromatic rings. The zero-order chi connectivity index (χ0) is 19.6. The van der Waals surface area contributed by atoms with Crippen LogP contribution in [0.3, 0.4) is 0 Å². The van der Waals surface area contributed by atoms with Crippen molar-refractivity contribution >= 4 is 17.4 Å². The number of rotatable bonds is 3. The fourth-order valence-corrected chi connectivity index (χ4v) is 3.34. The van der Waals surface area contributed by atoms with E-state index in [0.29, 0.717) is 23.7 Å². The number of urea groups is 1. The van der Waals surface area contributed by atoms with E-state index in [1.165, 1.54) is 28.4 Å². The molecule has 0 aliphatic carbocycles. The number of halogens is 3. The first-order valence-corrected chi connectivity index (χ1v) is 8.95. The third-order valence-corrected chi connectivity index (χ3v) is 4.77. The molecule has 0 saturated carbocycles. The molecule has 3 rings (SSSR count). The molecule has 0 radical (unpaired) electrons. The highest BCUT2D eigenvalue weighted by Crippen LogP contribution is 2.29. The minimum Gasteiger partial charge on any atom is -0.348 e. The van der Waals surface area contributed by atoms with Gasteiger partial charge in [0.1, 0.15) is 0 Å². The molecule has 6 nitrogen and oxygen atoms in total. The van der Waals surface area contributed by atoms with Crippen LogP contribution in [0, 0.1) is 6.92 Å². The van der Waals surface area contributed by atoms with Crippen molar-refractivity contribution in [2.75, 3.05) is 26.8 Å². The van der Waals surface area contributed by atoms with Gasteiger partial charge in [0.25, 0.3) is 0 Å². The molecule has 2 amide bonds. The molecule has 2 heterocycles. The number of likely N-dealkylation sites (N-methyl/N-ethyl adjacent to an activating group) is 1. The van der Waals surface area contributed by atoms with Crippen LogP contribution >= 0.6 is 11.3 Å². The number of aromatic nitrogens is 1. The largest absolute Gasteiger partial charge is 0.416 e. The van der Waals surface area contributed by atoms with Crippen LogP contribution in [0.1, 0.15) is 10.4 Å². The van der Waals surface area contributed by atoms with E-state index in [2.05, 4.69) is 4.99 Å². The second kappa shape index (κ2) is 7.83. The number of ether oxygens (including phenoxy) is 2. The molecule has 10 heteroatoms. The SMILES string of the molecule is Cc1cn(-c2ccc(C(F)(F)F)cc2)c(=NC(=O)N(C)CC2OCCO2)s1. The van der Waals surface area contributed by atoms with Gasteiger partial charge < -0.3 is 14.4 Å². The molecule has 1 saturated heterocycles. The summed E-state index contributed by atoms with van der Waals surface area (Å²) in [6.45, 7) is 3.05. The molecule has 1 fully saturated rings. The summed E-state index contributed by atoms with van der Waals surface area (Å²) in [4.78, 5) is 19.1. The standard InChI is InChI=1S/C17H18F3N3O3S/c1-11-9-23(13-5-3-12(4-6-13)17(18,19)20)16(27-11)21-15(24)22(2)10-14-25-7-8-26-14/h3-6,9,14H,7-8,10H2,1-2H3. The molecule has 27 heavy (non-hydrogen) atoms. The van der Waals surface area contributed by atoms with Crippen molar-refractivity contribution in [1.29, 1.82) is 0 Å². The lowest BCUT2D eigenvalue weighted by Gasteiger charge is -2.17. The van der Waals surface area contributed by atoms with Gasteiger partial charge in [-0.3, -0.25) is 4.57 Å². The minimum atomic E-state index is -4.40. The number of carbonyl (C=O) groups excluding carboxylic acids is 1. The summed E-state index contributed by atoms with van der Waals surface area (Å²) >= 11 is 1.27. The lowest BCUT2D eigenvalue weighted by molar-refractivity contribution is -0.137. The topological polar surface area (TPSA) is 56.1 Å². The maximum Gasteiger partial charge on any atom is 0.416 e. The first kappa shape index (κ1) is 19.6. The molecule has 0 unspecified atom stereocenters. The van der Waals surface area contributed by atoms with Gasteiger partial charge in [-0.05, 0) is 31.2 Å². The highest BCUT2D eigenvalue weighted by molar-refractivity contribution is 7.09. The van der Waals surface area contributed by atoms with Crippen LogP contribution in [0.2, 0.25) is 0 Å². The Labute approximate surface area is 157 Å². The average molecular weight is 401 g/mol. The maximum atomic E-state index is 12.7. The van der Waals surface area contributed by atoms with Crippen LogP contribution in [0.4, 0.5) is 18.0 Å². The predicted molar refractivity (Wildman–Crippen MR) is 92.7 cm³/mol. The quantitative estimate of drug-likeness (QED) is 0.794. The zero-order valence-corrected chi connectivity index (χ0v) is 15.5. The summed E-state index contributed by atoms with van der Waals surface area (Å²) in [5, 5.41) is 0. The molecule has 1 aliphatic heterocycles. The van der Waals surface area contributed by atoms with Crippen molar-refractivity contribution in [1.82, 2.24) is 9.47 Å². The van der Waals surface area contributed by atoms with Crippen LogP contribution in [-0.2, 0) is 15.7 Å². The van der Waals surface area contributed by atoms with Crippen molar-refractivity contribution in [3.8, 4) is 5.69 Å². The summed E-state index contributed by atoms with van der Waals surface area (Å²) in [5.74, 6) is 0. The van der Waals surface area contributed by atoms with Crippen molar-refractivity contribution in [2.45, 2.75) is 19.4 Å². The van der Waals surface area contributed by atoms with Gasteiger partial charge in [0.05, 0.1) is 25.3 Å². The predicted octanol–water partition coefficient (Wildman–Crippen LogP) is 3.19. The second-order valence-electron chi connectivity index (χ2n) is 5.99. The van der Waals surface area contributed by atoms with Crippen LogP contribution in [0.25, 0.3) is 5.69 Å². The molecule has 0 atom stereocenters. The minimum absolute atomic E-state index is 0.243. The Bertz CT molecular complexity index is 868. The van der Waals surface area contributed by atoms with E-state index >= 15 is 0 Å². The molecule has 0 spiro atoms. The van der Waals surface area contributed by atoms with Crippen LogP contribution in [0.5, 0.6) is 0 Å².